The maximum atomic E-state index is 12.2. The highest BCUT2D eigenvalue weighted by Crippen LogP contribution is 2.22. The third-order valence-electron chi connectivity index (χ3n) is 3.13. The Bertz CT molecular complexity index is 523. The highest BCUT2D eigenvalue weighted by atomic mass is 16.5. The normalized spacial score (nSPS) is 12.4. The van der Waals surface area contributed by atoms with Crippen LogP contribution in [0.1, 0.15) is 20.8 Å². The van der Waals surface area contributed by atoms with Gasteiger partial charge in [-0.25, -0.2) is 9.59 Å². The molecule has 1 rings (SSSR count). The van der Waals surface area contributed by atoms with Gasteiger partial charge in [0.1, 0.15) is 11.8 Å². The number of ether oxygens (including phenoxy) is 1. The van der Waals surface area contributed by atoms with Gasteiger partial charge < -0.3 is 15.2 Å². The molecule has 6 heteroatoms. The van der Waals surface area contributed by atoms with Crippen LogP contribution < -0.4 is 15.0 Å². The number of methoxy groups -OCH3 is 1. The average molecular weight is 294 g/mol. The largest absolute Gasteiger partial charge is 0.497 e. The van der Waals surface area contributed by atoms with E-state index in [9.17, 15) is 14.7 Å². The topological polar surface area (TPSA) is 78.9 Å². The van der Waals surface area contributed by atoms with E-state index in [4.69, 9.17) is 4.74 Å². The Morgan fingerprint density at radius 3 is 2.43 bits per heavy atom. The van der Waals surface area contributed by atoms with Gasteiger partial charge in [0.25, 0.3) is 0 Å². The molecule has 0 saturated carbocycles. The molecule has 0 heterocycles. The molecule has 0 fully saturated rings. The number of amides is 2. The highest BCUT2D eigenvalue weighted by Gasteiger charge is 2.33. The lowest BCUT2D eigenvalue weighted by molar-refractivity contribution is -0.141. The molecular weight excluding hydrogens is 272 g/mol. The molecule has 0 aliphatic heterocycles. The minimum atomic E-state index is -1.06. The fourth-order valence-corrected chi connectivity index (χ4v) is 1.81. The molecule has 0 spiro atoms. The first-order valence-corrected chi connectivity index (χ1v) is 6.58. The maximum Gasteiger partial charge on any atom is 0.326 e. The molecule has 21 heavy (non-hydrogen) atoms. The molecular formula is C15H22N2O4. The number of aliphatic carboxylic acids is 1. The Morgan fingerprint density at radius 2 is 1.95 bits per heavy atom. The second kappa shape index (κ2) is 6.47. The van der Waals surface area contributed by atoms with E-state index in [1.165, 1.54) is 4.90 Å². The van der Waals surface area contributed by atoms with Crippen LogP contribution in [0.5, 0.6) is 5.75 Å². The minimum Gasteiger partial charge on any atom is -0.497 e. The van der Waals surface area contributed by atoms with E-state index in [1.807, 2.05) is 0 Å². The minimum absolute atomic E-state index is 0.481. The van der Waals surface area contributed by atoms with Gasteiger partial charge in [-0.1, -0.05) is 26.8 Å². The van der Waals surface area contributed by atoms with E-state index in [2.05, 4.69) is 5.32 Å². The quantitative estimate of drug-likeness (QED) is 0.893. The predicted molar refractivity (Wildman–Crippen MR) is 80.8 cm³/mol. The number of nitrogens with zero attached hydrogens (tertiary/aromatic N) is 1. The summed E-state index contributed by atoms with van der Waals surface area (Å²) in [6, 6.07) is 5.52. The number of urea groups is 1. The van der Waals surface area contributed by atoms with Crippen molar-refractivity contribution in [2.45, 2.75) is 26.8 Å². The SMILES string of the molecule is COc1cccc(N(C)C(=O)N[C@H](C(=O)O)C(C)(C)C)c1. The average Bonchev–Trinajstić information content (AvgIpc) is 2.42. The van der Waals surface area contributed by atoms with E-state index < -0.39 is 23.5 Å². The van der Waals surface area contributed by atoms with Crippen molar-refractivity contribution in [2.75, 3.05) is 19.1 Å². The van der Waals surface area contributed by atoms with Crippen molar-refractivity contribution in [3.05, 3.63) is 24.3 Å². The van der Waals surface area contributed by atoms with Gasteiger partial charge in [-0.2, -0.15) is 0 Å². The zero-order valence-corrected chi connectivity index (χ0v) is 13.0. The van der Waals surface area contributed by atoms with Gasteiger partial charge in [0, 0.05) is 18.8 Å². The lowest BCUT2D eigenvalue weighted by Crippen LogP contribution is -2.52. The van der Waals surface area contributed by atoms with E-state index in [-0.39, 0.29) is 0 Å². The summed E-state index contributed by atoms with van der Waals surface area (Å²) in [5, 5.41) is 11.8. The van der Waals surface area contributed by atoms with Gasteiger partial charge in [0.2, 0.25) is 0 Å². The number of carbonyl (C=O) groups excluding carboxylic acids is 1. The molecule has 0 unspecified atom stereocenters. The van der Waals surface area contributed by atoms with Crippen molar-refractivity contribution in [1.29, 1.82) is 0 Å². The van der Waals surface area contributed by atoms with Crippen LogP contribution in [-0.4, -0.2) is 37.3 Å². The molecule has 2 amide bonds. The second-order valence-electron chi connectivity index (χ2n) is 5.85. The first-order chi connectivity index (χ1) is 9.66. The van der Waals surface area contributed by atoms with Crippen molar-refractivity contribution in [3.63, 3.8) is 0 Å². The van der Waals surface area contributed by atoms with Crippen LogP contribution in [0.15, 0.2) is 24.3 Å². The first kappa shape index (κ1) is 16.8. The molecule has 0 aromatic heterocycles. The Labute approximate surface area is 124 Å². The van der Waals surface area contributed by atoms with Crippen LogP contribution in [0.4, 0.5) is 10.5 Å². The summed E-state index contributed by atoms with van der Waals surface area (Å²) in [5.41, 5.74) is 0.0291. The number of rotatable bonds is 4. The summed E-state index contributed by atoms with van der Waals surface area (Å²) in [7, 11) is 3.12. The highest BCUT2D eigenvalue weighted by molar-refractivity contribution is 5.94. The third kappa shape index (κ3) is 4.37. The van der Waals surface area contributed by atoms with Gasteiger partial charge in [0.15, 0.2) is 0 Å². The zero-order chi connectivity index (χ0) is 16.2. The summed E-state index contributed by atoms with van der Waals surface area (Å²) >= 11 is 0. The monoisotopic (exact) mass is 294 g/mol. The number of carboxylic acids is 1. The fraction of sp³-hybridized carbons (Fsp3) is 0.467. The number of hydrogen-bond acceptors (Lipinski definition) is 3. The lowest BCUT2D eigenvalue weighted by atomic mass is 9.87. The number of nitrogens with one attached hydrogen (secondary N) is 1. The molecule has 1 aromatic rings. The maximum absolute atomic E-state index is 12.2. The van der Waals surface area contributed by atoms with Crippen molar-refractivity contribution in [3.8, 4) is 5.75 Å². The van der Waals surface area contributed by atoms with Crippen molar-refractivity contribution >= 4 is 17.7 Å². The zero-order valence-electron chi connectivity index (χ0n) is 13.0. The first-order valence-electron chi connectivity index (χ1n) is 6.58. The molecule has 0 radical (unpaired) electrons. The van der Waals surface area contributed by atoms with E-state index >= 15 is 0 Å². The van der Waals surface area contributed by atoms with Gasteiger partial charge in [0.05, 0.1) is 7.11 Å². The smallest absolute Gasteiger partial charge is 0.326 e. The van der Waals surface area contributed by atoms with Crippen LogP contribution in [0.2, 0.25) is 0 Å². The van der Waals surface area contributed by atoms with E-state index in [0.29, 0.717) is 11.4 Å². The number of benzene rings is 1. The number of hydrogen-bond donors (Lipinski definition) is 2. The predicted octanol–water partition coefficient (Wildman–Crippen LogP) is 2.34. The molecule has 1 atom stereocenters. The van der Waals surface area contributed by atoms with Crippen LogP contribution >= 0.6 is 0 Å². The van der Waals surface area contributed by atoms with Crippen molar-refractivity contribution < 1.29 is 19.4 Å². The molecule has 0 aliphatic carbocycles. The van der Waals surface area contributed by atoms with E-state index in [0.717, 1.165) is 0 Å². The second-order valence-corrected chi connectivity index (χ2v) is 5.85. The number of carbonyl (C=O) groups is 2. The fourth-order valence-electron chi connectivity index (χ4n) is 1.81. The van der Waals surface area contributed by atoms with Crippen LogP contribution in [0.25, 0.3) is 0 Å². The summed E-state index contributed by atoms with van der Waals surface area (Å²) in [5.74, 6) is -0.437. The van der Waals surface area contributed by atoms with Gasteiger partial charge >= 0.3 is 12.0 Å². The Morgan fingerprint density at radius 1 is 1.33 bits per heavy atom. The van der Waals surface area contributed by atoms with Crippen LogP contribution in [0.3, 0.4) is 0 Å². The van der Waals surface area contributed by atoms with Gasteiger partial charge in [-0.05, 0) is 17.5 Å². The molecule has 2 N–H and O–H groups in total. The molecule has 0 aliphatic rings. The van der Waals surface area contributed by atoms with Crippen LogP contribution in [0, 0.1) is 5.41 Å². The summed E-state index contributed by atoms with van der Waals surface area (Å²) in [6.07, 6.45) is 0. The molecule has 1 aromatic carbocycles. The third-order valence-corrected chi connectivity index (χ3v) is 3.13. The lowest BCUT2D eigenvalue weighted by Gasteiger charge is -2.29. The standard InChI is InChI=1S/C15H22N2O4/c1-15(2,3)12(13(18)19)16-14(20)17(4)10-7-6-8-11(9-10)21-5/h6-9,12H,1-5H3,(H,16,20)(H,18,19)/t12-/m1/s1. The summed E-state index contributed by atoms with van der Waals surface area (Å²) in [4.78, 5) is 24.9. The van der Waals surface area contributed by atoms with Crippen molar-refractivity contribution in [1.82, 2.24) is 5.32 Å². The Balaban J connectivity index is 2.89. The molecule has 116 valence electrons. The van der Waals surface area contributed by atoms with Crippen molar-refractivity contribution in [2.24, 2.45) is 5.41 Å². The van der Waals surface area contributed by atoms with Gasteiger partial charge in [-0.3, -0.25) is 4.90 Å². The molecule has 0 saturated heterocycles. The number of carboxylic acid groups (broad SMARTS) is 1. The van der Waals surface area contributed by atoms with Gasteiger partial charge in [-0.15, -0.1) is 0 Å². The molecule has 0 bridgehead atoms. The summed E-state index contributed by atoms with van der Waals surface area (Å²) < 4.78 is 5.11. The van der Waals surface area contributed by atoms with E-state index in [1.54, 1.807) is 59.2 Å². The Hall–Kier alpha value is -2.24. The Kier molecular flexibility index (Phi) is 5.18. The number of anilines is 1. The molecule has 6 nitrogen and oxygen atoms in total. The van der Waals surface area contributed by atoms with Crippen LogP contribution in [-0.2, 0) is 4.79 Å². The summed E-state index contributed by atoms with van der Waals surface area (Å²) in [6.45, 7) is 5.28.